The van der Waals surface area contributed by atoms with E-state index in [4.69, 9.17) is 11.6 Å². The van der Waals surface area contributed by atoms with Gasteiger partial charge in [0.05, 0.1) is 10.7 Å². The molecule has 24 heavy (non-hydrogen) atoms. The number of nitrogens with one attached hydrogen (secondary N) is 1. The fourth-order valence-electron chi connectivity index (χ4n) is 3.21. The van der Waals surface area contributed by atoms with Crippen molar-refractivity contribution in [3.63, 3.8) is 0 Å². The van der Waals surface area contributed by atoms with Crippen molar-refractivity contribution in [3.05, 3.63) is 40.1 Å². The molecule has 1 fully saturated rings. The van der Waals surface area contributed by atoms with Gasteiger partial charge in [0.1, 0.15) is 11.6 Å². The molecule has 0 unspecified atom stereocenters. The summed E-state index contributed by atoms with van der Waals surface area (Å²) in [6.07, 6.45) is 7.00. The van der Waals surface area contributed by atoms with E-state index in [2.05, 4.69) is 5.32 Å². The molecular weight excluding hydrogens is 322 g/mol. The molecule has 1 amide bonds. The monoisotopic (exact) mass is 345 g/mol. The topological polar surface area (TPSA) is 56.1 Å². The van der Waals surface area contributed by atoms with Crippen LogP contribution in [0.25, 0.3) is 0 Å². The van der Waals surface area contributed by atoms with E-state index in [1.54, 1.807) is 11.9 Å². The first-order valence-corrected chi connectivity index (χ1v) is 8.72. The van der Waals surface area contributed by atoms with E-state index in [1.807, 2.05) is 32.0 Å². The van der Waals surface area contributed by atoms with Gasteiger partial charge in [0.2, 0.25) is 0 Å². The molecule has 1 aliphatic rings. The van der Waals surface area contributed by atoms with Gasteiger partial charge in [-0.1, -0.05) is 36.9 Å². The molecule has 1 aromatic rings. The Balaban J connectivity index is 2.14. The first kappa shape index (κ1) is 18.4. The third-order valence-electron chi connectivity index (χ3n) is 4.59. The number of amides is 1. The van der Waals surface area contributed by atoms with Crippen molar-refractivity contribution in [2.75, 3.05) is 12.4 Å². The summed E-state index contributed by atoms with van der Waals surface area (Å²) in [7, 11) is 1.79. The van der Waals surface area contributed by atoms with Gasteiger partial charge in [0.15, 0.2) is 0 Å². The molecule has 4 nitrogen and oxygen atoms in total. The summed E-state index contributed by atoms with van der Waals surface area (Å²) in [5, 5.41) is 13.0. The number of halogens is 1. The highest BCUT2D eigenvalue weighted by atomic mass is 35.5. The van der Waals surface area contributed by atoms with Crippen molar-refractivity contribution in [1.29, 1.82) is 5.26 Å². The lowest BCUT2D eigenvalue weighted by Gasteiger charge is -2.31. The Bertz CT molecular complexity index is 661. The van der Waals surface area contributed by atoms with Crippen LogP contribution in [0.15, 0.2) is 23.9 Å². The molecule has 0 bridgehead atoms. The van der Waals surface area contributed by atoms with E-state index in [1.165, 1.54) is 12.6 Å². The van der Waals surface area contributed by atoms with Crippen LogP contribution in [-0.2, 0) is 4.79 Å². The second kappa shape index (κ2) is 8.21. The summed E-state index contributed by atoms with van der Waals surface area (Å²) in [5.41, 5.74) is 2.87. The Morgan fingerprint density at radius 3 is 2.58 bits per heavy atom. The third kappa shape index (κ3) is 4.30. The van der Waals surface area contributed by atoms with Gasteiger partial charge >= 0.3 is 0 Å². The van der Waals surface area contributed by atoms with Gasteiger partial charge < -0.3 is 10.2 Å². The zero-order chi connectivity index (χ0) is 17.7. The zero-order valence-electron chi connectivity index (χ0n) is 14.5. The molecule has 1 N–H and O–H groups in total. The molecule has 128 valence electrons. The molecule has 5 heteroatoms. The van der Waals surface area contributed by atoms with Crippen molar-refractivity contribution < 1.29 is 4.79 Å². The van der Waals surface area contributed by atoms with Crippen LogP contribution in [0.3, 0.4) is 0 Å². The second-order valence-electron chi connectivity index (χ2n) is 6.46. The number of nitrogens with zero attached hydrogens (tertiary/aromatic N) is 2. The molecule has 0 spiro atoms. The van der Waals surface area contributed by atoms with E-state index < -0.39 is 0 Å². The van der Waals surface area contributed by atoms with E-state index >= 15 is 0 Å². The Kier molecular flexibility index (Phi) is 6.28. The van der Waals surface area contributed by atoms with E-state index in [0.717, 1.165) is 42.5 Å². The molecule has 2 rings (SSSR count). The number of hydrogen-bond donors (Lipinski definition) is 1. The molecule has 0 aliphatic heterocycles. The third-order valence-corrected chi connectivity index (χ3v) is 4.88. The lowest BCUT2D eigenvalue weighted by atomic mass is 9.94. The summed E-state index contributed by atoms with van der Waals surface area (Å²) in [6, 6.07) is 6.09. The van der Waals surface area contributed by atoms with Gasteiger partial charge in [-0.25, -0.2) is 0 Å². The highest BCUT2D eigenvalue weighted by Gasteiger charge is 2.24. The van der Waals surface area contributed by atoms with Crippen LogP contribution in [0.5, 0.6) is 0 Å². The first-order valence-electron chi connectivity index (χ1n) is 8.34. The van der Waals surface area contributed by atoms with Crippen molar-refractivity contribution >= 4 is 23.2 Å². The molecule has 0 atom stereocenters. The molecule has 1 aromatic carbocycles. The number of hydrogen-bond acceptors (Lipinski definition) is 3. The first-order chi connectivity index (χ1) is 11.4. The maximum atomic E-state index is 12.6. The lowest BCUT2D eigenvalue weighted by Crippen LogP contribution is -2.39. The maximum absolute atomic E-state index is 12.6. The lowest BCUT2D eigenvalue weighted by molar-refractivity contribution is -0.128. The number of carbonyl (C=O) groups excluding carboxylic acids is 1. The second-order valence-corrected chi connectivity index (χ2v) is 6.87. The predicted octanol–water partition coefficient (Wildman–Crippen LogP) is 4.57. The van der Waals surface area contributed by atoms with Crippen LogP contribution in [0.1, 0.15) is 43.2 Å². The van der Waals surface area contributed by atoms with Crippen molar-refractivity contribution in [3.8, 4) is 6.07 Å². The summed E-state index contributed by atoms with van der Waals surface area (Å²) in [6.45, 7) is 3.92. The Morgan fingerprint density at radius 1 is 1.33 bits per heavy atom. The van der Waals surface area contributed by atoms with Crippen molar-refractivity contribution in [1.82, 2.24) is 4.90 Å². The van der Waals surface area contributed by atoms with Gasteiger partial charge in [-0.05, 0) is 43.9 Å². The molecule has 0 radical (unpaired) electrons. The minimum atomic E-state index is -0.238. The molecule has 1 saturated carbocycles. The van der Waals surface area contributed by atoms with Gasteiger partial charge in [-0.3, -0.25) is 4.79 Å². The van der Waals surface area contributed by atoms with Gasteiger partial charge in [-0.15, -0.1) is 0 Å². The molecule has 0 heterocycles. The minimum Gasteiger partial charge on any atom is -0.359 e. The number of likely N-dealkylation sites (N-methyl/N-ethyl adjacent to an activating group) is 1. The number of aryl methyl sites for hydroxylation is 2. The van der Waals surface area contributed by atoms with Gasteiger partial charge in [-0.2, -0.15) is 5.26 Å². The number of nitriles is 1. The van der Waals surface area contributed by atoms with Gasteiger partial charge in [0, 0.05) is 19.3 Å². The predicted molar refractivity (Wildman–Crippen MR) is 97.9 cm³/mol. The number of rotatable bonds is 4. The Hall–Kier alpha value is -1.99. The largest absolute Gasteiger partial charge is 0.359 e. The van der Waals surface area contributed by atoms with Crippen LogP contribution in [-0.4, -0.2) is 23.9 Å². The van der Waals surface area contributed by atoms with Crippen molar-refractivity contribution in [2.45, 2.75) is 52.0 Å². The summed E-state index contributed by atoms with van der Waals surface area (Å²) >= 11 is 6.26. The quantitative estimate of drug-likeness (QED) is 0.642. The SMILES string of the molecule is Cc1cc(C)c(N/C=C(/C#N)C(=O)N(C)C2CCCCC2)c(Cl)c1. The standard InChI is InChI=1S/C19H24ClN3O/c1-13-9-14(2)18(17(20)10-13)22-12-15(11-21)19(24)23(3)16-7-5-4-6-8-16/h9-10,12,16,22H,4-8H2,1-3H3/b15-12-. The Labute approximate surface area is 149 Å². The normalized spacial score (nSPS) is 15.7. The van der Waals surface area contributed by atoms with E-state index in [-0.39, 0.29) is 17.5 Å². The summed E-state index contributed by atoms with van der Waals surface area (Å²) in [4.78, 5) is 14.3. The summed E-state index contributed by atoms with van der Waals surface area (Å²) < 4.78 is 0. The zero-order valence-corrected chi connectivity index (χ0v) is 15.3. The highest BCUT2D eigenvalue weighted by molar-refractivity contribution is 6.33. The minimum absolute atomic E-state index is 0.0964. The Morgan fingerprint density at radius 2 is 2.00 bits per heavy atom. The number of carbonyl (C=O) groups is 1. The van der Waals surface area contributed by atoms with Crippen LogP contribution in [0, 0.1) is 25.2 Å². The molecule has 0 saturated heterocycles. The van der Waals surface area contributed by atoms with E-state index in [0.29, 0.717) is 5.02 Å². The average molecular weight is 346 g/mol. The van der Waals surface area contributed by atoms with Crippen LogP contribution >= 0.6 is 11.6 Å². The number of anilines is 1. The van der Waals surface area contributed by atoms with Crippen molar-refractivity contribution in [2.24, 2.45) is 0 Å². The smallest absolute Gasteiger partial charge is 0.266 e. The number of benzene rings is 1. The van der Waals surface area contributed by atoms with Crippen LogP contribution in [0.2, 0.25) is 5.02 Å². The summed E-state index contributed by atoms with van der Waals surface area (Å²) in [5.74, 6) is -0.238. The molecular formula is C19H24ClN3O. The fourth-order valence-corrected chi connectivity index (χ4v) is 3.58. The molecule has 1 aliphatic carbocycles. The van der Waals surface area contributed by atoms with Crippen LogP contribution < -0.4 is 5.32 Å². The van der Waals surface area contributed by atoms with E-state index in [9.17, 15) is 10.1 Å². The highest BCUT2D eigenvalue weighted by Crippen LogP contribution is 2.28. The fraction of sp³-hybridized carbons (Fsp3) is 0.474. The van der Waals surface area contributed by atoms with Gasteiger partial charge in [0.25, 0.3) is 5.91 Å². The average Bonchev–Trinajstić information content (AvgIpc) is 2.57. The molecule has 0 aromatic heterocycles. The van der Waals surface area contributed by atoms with Crippen LogP contribution in [0.4, 0.5) is 5.69 Å². The maximum Gasteiger partial charge on any atom is 0.266 e.